The first-order valence-corrected chi connectivity index (χ1v) is 4.51. The number of rotatable bonds is 2. The van der Waals surface area contributed by atoms with E-state index in [0.717, 1.165) is 12.3 Å². The second-order valence-corrected chi connectivity index (χ2v) is 3.14. The van der Waals surface area contributed by atoms with Gasteiger partial charge in [0, 0.05) is 18.9 Å². The van der Waals surface area contributed by atoms with Gasteiger partial charge in [0.25, 0.3) is 0 Å². The maximum atomic E-state index is 13.5. The smallest absolute Gasteiger partial charge is 0.392 e. The molecular formula is C11H5FLiN2O3. The molecule has 1 heterocycles. The van der Waals surface area contributed by atoms with Crippen molar-refractivity contribution in [1.82, 2.24) is 4.98 Å². The van der Waals surface area contributed by atoms with E-state index in [4.69, 9.17) is 14.8 Å². The fourth-order valence-electron chi connectivity index (χ4n) is 1.28. The summed E-state index contributed by atoms with van der Waals surface area (Å²) in [7, 11) is 0. The fourth-order valence-corrected chi connectivity index (χ4v) is 1.28. The molecule has 1 aromatic heterocycles. The molecule has 0 aliphatic heterocycles. The molecule has 0 fully saturated rings. The minimum atomic E-state index is -1.34. The molecule has 85 valence electrons. The maximum absolute atomic E-state index is 13.5. The van der Waals surface area contributed by atoms with E-state index in [1.807, 2.05) is 6.07 Å². The van der Waals surface area contributed by atoms with Gasteiger partial charge in [-0.1, -0.05) is 0 Å². The number of aromatic carboxylic acids is 1. The van der Waals surface area contributed by atoms with Gasteiger partial charge in [-0.25, -0.2) is 14.2 Å². The summed E-state index contributed by atoms with van der Waals surface area (Å²) in [6, 6.07) is 5.53. The van der Waals surface area contributed by atoms with Crippen molar-refractivity contribution in [2.45, 2.75) is 0 Å². The van der Waals surface area contributed by atoms with E-state index < -0.39 is 17.7 Å². The Labute approximate surface area is 113 Å². The van der Waals surface area contributed by atoms with E-state index in [9.17, 15) is 9.18 Å². The molecule has 0 unspecified atom stereocenters. The monoisotopic (exact) mass is 239 g/mol. The quantitative estimate of drug-likeness (QED) is 0.805. The van der Waals surface area contributed by atoms with Crippen LogP contribution in [0, 0.1) is 17.1 Å². The van der Waals surface area contributed by atoms with Crippen LogP contribution in [0.25, 0.3) is 11.3 Å². The molecule has 2 aromatic rings. The van der Waals surface area contributed by atoms with Crippen LogP contribution in [0.2, 0.25) is 0 Å². The van der Waals surface area contributed by atoms with Gasteiger partial charge < -0.3 is 9.52 Å². The van der Waals surface area contributed by atoms with Crippen molar-refractivity contribution < 1.29 is 18.7 Å². The number of nitrogens with zero attached hydrogens (tertiary/aromatic N) is 2. The van der Waals surface area contributed by atoms with Crippen LogP contribution in [0.15, 0.2) is 28.8 Å². The van der Waals surface area contributed by atoms with Gasteiger partial charge in [0.05, 0.1) is 23.4 Å². The van der Waals surface area contributed by atoms with Crippen LogP contribution in [0.3, 0.4) is 0 Å². The van der Waals surface area contributed by atoms with Crippen LogP contribution < -0.4 is 0 Å². The predicted molar refractivity (Wildman–Crippen MR) is 59.3 cm³/mol. The molecule has 0 aliphatic carbocycles. The molecule has 0 amide bonds. The van der Waals surface area contributed by atoms with Gasteiger partial charge >= 0.3 is 11.9 Å². The van der Waals surface area contributed by atoms with E-state index in [1.54, 1.807) is 0 Å². The number of hydrogen-bond acceptors (Lipinski definition) is 4. The van der Waals surface area contributed by atoms with Crippen molar-refractivity contribution in [1.29, 1.82) is 5.26 Å². The Hall–Kier alpha value is -2.08. The largest absolute Gasteiger partial charge is 0.474 e. The molecule has 1 radical (unpaired) electrons. The molecule has 0 saturated heterocycles. The third kappa shape index (κ3) is 2.59. The Balaban J connectivity index is 0.00000162. The van der Waals surface area contributed by atoms with Crippen molar-refractivity contribution in [2.75, 3.05) is 0 Å². The number of halogens is 1. The zero-order valence-electron chi connectivity index (χ0n) is 9.35. The summed E-state index contributed by atoms with van der Waals surface area (Å²) < 4.78 is 18.3. The van der Waals surface area contributed by atoms with Gasteiger partial charge in [0.15, 0.2) is 5.76 Å². The fraction of sp³-hybridized carbons (Fsp3) is 0. The predicted octanol–water partition coefficient (Wildman–Crippen LogP) is 1.67. The first-order valence-electron chi connectivity index (χ1n) is 4.51. The van der Waals surface area contributed by atoms with Gasteiger partial charge in [0.2, 0.25) is 0 Å². The summed E-state index contributed by atoms with van der Waals surface area (Å²) in [6.07, 6.45) is 1.10. The average Bonchev–Trinajstić information content (AvgIpc) is 2.79. The summed E-state index contributed by atoms with van der Waals surface area (Å²) in [6.45, 7) is 0. The maximum Gasteiger partial charge on any atom is 0.392 e. The van der Waals surface area contributed by atoms with Crippen LogP contribution in [0.4, 0.5) is 4.39 Å². The Kier molecular flexibility index (Phi) is 4.27. The van der Waals surface area contributed by atoms with E-state index in [2.05, 4.69) is 4.98 Å². The topological polar surface area (TPSA) is 87.1 Å². The molecule has 0 bridgehead atoms. The molecule has 7 heteroatoms. The molecule has 5 nitrogen and oxygen atoms in total. The number of hydrogen-bond donors (Lipinski definition) is 1. The minimum absolute atomic E-state index is 0. The normalized spacial score (nSPS) is 9.33. The van der Waals surface area contributed by atoms with E-state index >= 15 is 0 Å². The molecule has 0 spiro atoms. The van der Waals surface area contributed by atoms with E-state index in [0.29, 0.717) is 0 Å². The summed E-state index contributed by atoms with van der Waals surface area (Å²) in [5, 5.41) is 17.3. The van der Waals surface area contributed by atoms with Gasteiger partial charge in [-0.05, 0) is 18.2 Å². The van der Waals surface area contributed by atoms with Gasteiger partial charge in [-0.2, -0.15) is 5.26 Å². The van der Waals surface area contributed by atoms with E-state index in [1.165, 1.54) is 12.1 Å². The number of nitriles is 1. The zero-order valence-corrected chi connectivity index (χ0v) is 9.35. The Bertz CT molecular complexity index is 633. The van der Waals surface area contributed by atoms with Gasteiger partial charge in [-0.15, -0.1) is 0 Å². The second kappa shape index (κ2) is 5.50. The summed E-state index contributed by atoms with van der Waals surface area (Å²) in [5.41, 5.74) is 0.249. The van der Waals surface area contributed by atoms with Crippen LogP contribution >= 0.6 is 0 Å². The standard InChI is InChI=1S/C11H5FN2O3.Li/c12-8-2-1-6(4-13)3-7(8)9-5-14-10(17-9)11(15)16;/h1-3,5H,(H,15,16);. The summed E-state index contributed by atoms with van der Waals surface area (Å²) in [4.78, 5) is 14.0. The third-order valence-corrected chi connectivity index (χ3v) is 2.05. The zero-order chi connectivity index (χ0) is 12.4. The molecule has 0 saturated carbocycles. The Morgan fingerprint density at radius 2 is 2.22 bits per heavy atom. The SMILES string of the molecule is N#Cc1ccc(F)c(-c2cnc(C(=O)O)o2)c1.[Li]. The Morgan fingerprint density at radius 1 is 1.50 bits per heavy atom. The second-order valence-electron chi connectivity index (χ2n) is 3.14. The molecule has 0 atom stereocenters. The van der Waals surface area contributed by atoms with Crippen molar-refractivity contribution in [2.24, 2.45) is 0 Å². The average molecular weight is 239 g/mol. The molecular weight excluding hydrogens is 234 g/mol. The van der Waals surface area contributed by atoms with Crippen molar-refractivity contribution in [3.8, 4) is 17.4 Å². The first-order chi connectivity index (χ1) is 8.11. The Morgan fingerprint density at radius 3 is 2.78 bits per heavy atom. The van der Waals surface area contributed by atoms with Crippen molar-refractivity contribution in [3.05, 3.63) is 41.7 Å². The minimum Gasteiger partial charge on any atom is -0.474 e. The van der Waals surface area contributed by atoms with Gasteiger partial charge in [-0.3, -0.25) is 0 Å². The number of carboxylic acid groups (broad SMARTS) is 1. The number of aromatic nitrogens is 1. The van der Waals surface area contributed by atoms with Crippen LogP contribution in [0.1, 0.15) is 16.2 Å². The van der Waals surface area contributed by atoms with Crippen molar-refractivity contribution >= 4 is 24.8 Å². The molecule has 1 N–H and O–H groups in total. The third-order valence-electron chi connectivity index (χ3n) is 2.05. The molecule has 2 rings (SSSR count). The molecule has 1 aromatic carbocycles. The molecule has 18 heavy (non-hydrogen) atoms. The van der Waals surface area contributed by atoms with Gasteiger partial charge in [0.1, 0.15) is 5.82 Å². The number of carbonyl (C=O) groups is 1. The summed E-state index contributed by atoms with van der Waals surface area (Å²) in [5.74, 6) is -2.51. The van der Waals surface area contributed by atoms with Crippen LogP contribution in [-0.2, 0) is 0 Å². The number of benzene rings is 1. The van der Waals surface area contributed by atoms with E-state index in [-0.39, 0.29) is 35.7 Å². The summed E-state index contributed by atoms with van der Waals surface area (Å²) >= 11 is 0. The van der Waals surface area contributed by atoms with Crippen LogP contribution in [-0.4, -0.2) is 34.9 Å². The molecule has 0 aliphatic rings. The first kappa shape index (κ1) is 14.0. The number of carboxylic acids is 1. The van der Waals surface area contributed by atoms with Crippen LogP contribution in [0.5, 0.6) is 0 Å². The number of oxazole rings is 1. The van der Waals surface area contributed by atoms with Crippen molar-refractivity contribution in [3.63, 3.8) is 0 Å².